The van der Waals surface area contributed by atoms with Gasteiger partial charge >= 0.3 is 0 Å². The van der Waals surface area contributed by atoms with Crippen molar-refractivity contribution in [3.63, 3.8) is 0 Å². The lowest BCUT2D eigenvalue weighted by molar-refractivity contribution is 0.0940. The summed E-state index contributed by atoms with van der Waals surface area (Å²) in [6, 6.07) is 13.5. The van der Waals surface area contributed by atoms with Crippen molar-refractivity contribution in [2.75, 3.05) is 6.26 Å². The maximum Gasteiger partial charge on any atom is 0.251 e. The molecule has 0 spiro atoms. The molecule has 34 heavy (non-hydrogen) atoms. The summed E-state index contributed by atoms with van der Waals surface area (Å²) in [7, 11) is -3.33. The molecule has 1 amide bonds. The van der Waals surface area contributed by atoms with E-state index in [0.29, 0.717) is 16.8 Å². The summed E-state index contributed by atoms with van der Waals surface area (Å²) in [5, 5.41) is 13.8. The highest BCUT2D eigenvalue weighted by Gasteiger charge is 2.17. The Hall–Kier alpha value is -3.99. The second kappa shape index (κ2) is 9.10. The van der Waals surface area contributed by atoms with Gasteiger partial charge in [0.2, 0.25) is 0 Å². The number of nitrogens with zero attached hydrogens (tertiary/aromatic N) is 4. The van der Waals surface area contributed by atoms with E-state index in [0.717, 1.165) is 18.4 Å². The predicted molar refractivity (Wildman–Crippen MR) is 120 cm³/mol. The third kappa shape index (κ3) is 4.99. The Bertz CT molecular complexity index is 1460. The van der Waals surface area contributed by atoms with E-state index in [-0.39, 0.29) is 16.0 Å². The Kier molecular flexibility index (Phi) is 6.20. The normalized spacial score (nSPS) is 12.4. The predicted octanol–water partition coefficient (Wildman–Crippen LogP) is 3.50. The fraction of sp³-hybridized carbons (Fsp3) is 0.130. The van der Waals surface area contributed by atoms with Gasteiger partial charge in [0.25, 0.3) is 5.91 Å². The molecule has 0 radical (unpaired) electrons. The molecule has 3 aromatic carbocycles. The molecule has 1 aromatic heterocycles. The van der Waals surface area contributed by atoms with Crippen molar-refractivity contribution in [3.8, 4) is 16.8 Å². The Morgan fingerprint density at radius 1 is 1.03 bits per heavy atom. The minimum absolute atomic E-state index is 0.106. The van der Waals surface area contributed by atoms with Crippen molar-refractivity contribution in [2.24, 2.45) is 0 Å². The van der Waals surface area contributed by atoms with Crippen molar-refractivity contribution in [2.45, 2.75) is 17.9 Å². The van der Waals surface area contributed by atoms with E-state index < -0.39 is 33.4 Å². The number of aromatic nitrogens is 4. The van der Waals surface area contributed by atoms with E-state index in [1.165, 1.54) is 41.3 Å². The van der Waals surface area contributed by atoms with E-state index >= 15 is 0 Å². The summed E-state index contributed by atoms with van der Waals surface area (Å²) < 4.78 is 52.5. The zero-order chi connectivity index (χ0) is 24.5. The molecule has 174 valence electrons. The van der Waals surface area contributed by atoms with Crippen molar-refractivity contribution < 1.29 is 22.0 Å². The lowest BCUT2D eigenvalue weighted by atomic mass is 10.0. The van der Waals surface area contributed by atoms with Gasteiger partial charge in [-0.25, -0.2) is 21.9 Å². The smallest absolute Gasteiger partial charge is 0.251 e. The van der Waals surface area contributed by atoms with E-state index in [9.17, 15) is 22.0 Å². The zero-order valence-electron chi connectivity index (χ0n) is 18.1. The first-order chi connectivity index (χ1) is 16.1. The maximum atomic E-state index is 14.5. The number of amides is 1. The van der Waals surface area contributed by atoms with Gasteiger partial charge in [0.1, 0.15) is 18.0 Å². The third-order valence-corrected chi connectivity index (χ3v) is 6.32. The van der Waals surface area contributed by atoms with Gasteiger partial charge < -0.3 is 5.32 Å². The molecule has 0 aliphatic carbocycles. The summed E-state index contributed by atoms with van der Waals surface area (Å²) in [5.41, 5.74) is 1.74. The number of halogens is 2. The highest BCUT2D eigenvalue weighted by molar-refractivity contribution is 7.90. The van der Waals surface area contributed by atoms with Crippen LogP contribution in [0.4, 0.5) is 8.78 Å². The number of sulfone groups is 1. The molecule has 0 fully saturated rings. The first-order valence-electron chi connectivity index (χ1n) is 10.1. The highest BCUT2D eigenvalue weighted by atomic mass is 32.2. The van der Waals surface area contributed by atoms with Gasteiger partial charge in [0.05, 0.1) is 16.6 Å². The van der Waals surface area contributed by atoms with Gasteiger partial charge in [0, 0.05) is 23.4 Å². The minimum atomic E-state index is -3.33. The van der Waals surface area contributed by atoms with Crippen molar-refractivity contribution in [1.82, 2.24) is 25.5 Å². The van der Waals surface area contributed by atoms with Gasteiger partial charge in [-0.2, -0.15) is 0 Å². The Morgan fingerprint density at radius 2 is 1.76 bits per heavy atom. The van der Waals surface area contributed by atoms with Gasteiger partial charge in [-0.3, -0.25) is 4.79 Å². The van der Waals surface area contributed by atoms with Crippen LogP contribution in [0.1, 0.15) is 28.9 Å². The number of tetrazole rings is 1. The Labute approximate surface area is 194 Å². The molecule has 4 rings (SSSR count). The fourth-order valence-electron chi connectivity index (χ4n) is 3.40. The van der Waals surface area contributed by atoms with Gasteiger partial charge in [-0.05, 0) is 70.9 Å². The molecule has 11 heteroatoms. The SMILES string of the molecule is CC(NC(=O)c1cc(-c2ccc(F)cc2F)cc(-n2cnnn2)c1)c1ccc(S(C)(=O)=O)cc1. The summed E-state index contributed by atoms with van der Waals surface area (Å²) in [6.45, 7) is 1.75. The lowest BCUT2D eigenvalue weighted by Gasteiger charge is -2.16. The molecule has 0 saturated heterocycles. The standard InChI is InChI=1S/C23H19F2N5O3S/c1-14(15-3-6-20(7-4-15)34(2,32)33)27-23(31)17-9-16(21-8-5-18(24)12-22(21)25)10-19(11-17)30-13-26-28-29-30/h3-14H,1-2H3,(H,27,31). The van der Waals surface area contributed by atoms with Crippen LogP contribution < -0.4 is 5.32 Å². The molecule has 4 aromatic rings. The van der Waals surface area contributed by atoms with Crippen LogP contribution in [-0.2, 0) is 9.84 Å². The largest absolute Gasteiger partial charge is 0.346 e. The van der Waals surface area contributed by atoms with E-state index in [2.05, 4.69) is 20.8 Å². The second-order valence-corrected chi connectivity index (χ2v) is 9.70. The number of carbonyl (C=O) groups is 1. The van der Waals surface area contributed by atoms with Crippen LogP contribution in [0.2, 0.25) is 0 Å². The minimum Gasteiger partial charge on any atom is -0.346 e. The molecular formula is C23H19F2N5O3S. The summed E-state index contributed by atoms with van der Waals surface area (Å²) in [5.74, 6) is -1.95. The Balaban J connectivity index is 1.67. The van der Waals surface area contributed by atoms with E-state index in [4.69, 9.17) is 0 Å². The van der Waals surface area contributed by atoms with Crippen molar-refractivity contribution in [3.05, 3.63) is 89.8 Å². The van der Waals surface area contributed by atoms with E-state index in [1.54, 1.807) is 25.1 Å². The van der Waals surface area contributed by atoms with Gasteiger partial charge in [-0.1, -0.05) is 12.1 Å². The Morgan fingerprint density at radius 3 is 2.38 bits per heavy atom. The summed E-state index contributed by atoms with van der Waals surface area (Å²) >= 11 is 0. The van der Waals surface area contributed by atoms with Crippen LogP contribution in [0.5, 0.6) is 0 Å². The molecule has 0 aliphatic rings. The molecule has 1 atom stereocenters. The zero-order valence-corrected chi connectivity index (χ0v) is 18.9. The number of benzene rings is 3. The average Bonchev–Trinajstić information content (AvgIpc) is 3.33. The topological polar surface area (TPSA) is 107 Å². The van der Waals surface area contributed by atoms with Crippen molar-refractivity contribution in [1.29, 1.82) is 0 Å². The molecule has 0 aliphatic heterocycles. The van der Waals surface area contributed by atoms with Crippen LogP contribution in [0.25, 0.3) is 16.8 Å². The molecule has 1 N–H and O–H groups in total. The van der Waals surface area contributed by atoms with Gasteiger partial charge in [0.15, 0.2) is 9.84 Å². The second-order valence-electron chi connectivity index (χ2n) is 7.68. The van der Waals surface area contributed by atoms with Crippen LogP contribution in [-0.4, -0.2) is 40.8 Å². The number of rotatable bonds is 6. The molecule has 1 unspecified atom stereocenters. The van der Waals surface area contributed by atoms with Crippen LogP contribution in [0.3, 0.4) is 0 Å². The fourth-order valence-corrected chi connectivity index (χ4v) is 4.03. The van der Waals surface area contributed by atoms with Crippen molar-refractivity contribution >= 4 is 15.7 Å². The number of hydrogen-bond acceptors (Lipinski definition) is 6. The monoisotopic (exact) mass is 483 g/mol. The van der Waals surface area contributed by atoms with Gasteiger partial charge in [-0.15, -0.1) is 5.10 Å². The molecule has 1 heterocycles. The first kappa shape index (κ1) is 23.2. The van der Waals surface area contributed by atoms with Crippen LogP contribution in [0.15, 0.2) is 71.9 Å². The molecule has 0 bridgehead atoms. The summed E-state index contributed by atoms with van der Waals surface area (Å²) in [4.78, 5) is 13.3. The molecular weight excluding hydrogens is 464 g/mol. The summed E-state index contributed by atoms with van der Waals surface area (Å²) in [6.07, 6.45) is 2.44. The lowest BCUT2D eigenvalue weighted by Crippen LogP contribution is -2.26. The quantitative estimate of drug-likeness (QED) is 0.450. The number of carbonyl (C=O) groups excluding carboxylic acids is 1. The highest BCUT2D eigenvalue weighted by Crippen LogP contribution is 2.27. The maximum absolute atomic E-state index is 14.5. The molecule has 0 saturated carbocycles. The van der Waals surface area contributed by atoms with Crippen LogP contribution >= 0.6 is 0 Å². The molecule has 8 nitrogen and oxygen atoms in total. The number of nitrogens with one attached hydrogen (secondary N) is 1. The first-order valence-corrected chi connectivity index (χ1v) is 12.0. The van der Waals surface area contributed by atoms with Crippen LogP contribution in [0, 0.1) is 11.6 Å². The third-order valence-electron chi connectivity index (χ3n) is 5.19. The number of hydrogen-bond donors (Lipinski definition) is 1. The average molecular weight is 484 g/mol. The van der Waals surface area contributed by atoms with E-state index in [1.807, 2.05) is 0 Å².